The molecular formula is C27H36F3N7O4S. The molecule has 0 spiro atoms. The van der Waals surface area contributed by atoms with E-state index in [1.54, 1.807) is 12.1 Å². The number of carbonyl (C=O) groups is 1. The number of anilines is 2. The quantitative estimate of drug-likeness (QED) is 0.315. The van der Waals surface area contributed by atoms with Crippen molar-refractivity contribution >= 4 is 33.3 Å². The minimum Gasteiger partial charge on any atom is -0.495 e. The monoisotopic (exact) mass is 611 g/mol. The Morgan fingerprint density at radius 1 is 1.14 bits per heavy atom. The number of alkyl halides is 3. The van der Waals surface area contributed by atoms with E-state index in [0.717, 1.165) is 32.2 Å². The van der Waals surface area contributed by atoms with Crippen LogP contribution in [0.4, 0.5) is 24.8 Å². The first-order chi connectivity index (χ1) is 19.7. The van der Waals surface area contributed by atoms with Crippen LogP contribution in [0.15, 0.2) is 24.4 Å². The molecule has 2 aliphatic rings. The molecular weight excluding hydrogens is 575 g/mol. The molecule has 1 aromatic carbocycles. The van der Waals surface area contributed by atoms with Crippen LogP contribution in [0.25, 0.3) is 0 Å². The number of likely N-dealkylation sites (tertiary alicyclic amines) is 1. The zero-order valence-electron chi connectivity index (χ0n) is 23.7. The average Bonchev–Trinajstić information content (AvgIpc) is 2.93. The van der Waals surface area contributed by atoms with Crippen molar-refractivity contribution in [3.63, 3.8) is 0 Å². The predicted octanol–water partition coefficient (Wildman–Crippen LogP) is 3.55. The van der Waals surface area contributed by atoms with Crippen molar-refractivity contribution in [1.82, 2.24) is 24.9 Å². The second-order valence-electron chi connectivity index (χ2n) is 10.8. The number of amides is 1. The number of benzene rings is 1. The lowest BCUT2D eigenvalue weighted by molar-refractivity contribution is -0.138. The maximum absolute atomic E-state index is 14.0. The van der Waals surface area contributed by atoms with E-state index in [2.05, 4.69) is 30.2 Å². The molecule has 4 N–H and O–H groups in total. The number of halogens is 3. The number of carbonyl (C=O) groups excluding carboxylic acids is 1. The van der Waals surface area contributed by atoms with Crippen LogP contribution in [-0.2, 0) is 16.2 Å². The third kappa shape index (κ3) is 7.95. The van der Waals surface area contributed by atoms with Gasteiger partial charge in [-0.3, -0.25) is 4.79 Å². The molecule has 2 atom stereocenters. The molecule has 11 nitrogen and oxygen atoms in total. The summed E-state index contributed by atoms with van der Waals surface area (Å²) in [6.07, 6.45) is 0.491. The van der Waals surface area contributed by atoms with E-state index < -0.39 is 45.1 Å². The van der Waals surface area contributed by atoms with Crippen molar-refractivity contribution < 1.29 is 31.1 Å². The largest absolute Gasteiger partial charge is 0.495 e. The second-order valence-corrected chi connectivity index (χ2v) is 12.6. The van der Waals surface area contributed by atoms with E-state index in [1.807, 2.05) is 7.05 Å². The molecule has 1 aromatic heterocycles. The minimum absolute atomic E-state index is 0.0585. The summed E-state index contributed by atoms with van der Waals surface area (Å²) in [6, 6.07) is 3.96. The normalized spacial score (nSPS) is 20.6. The molecule has 42 heavy (non-hydrogen) atoms. The zero-order chi connectivity index (χ0) is 30.7. The van der Waals surface area contributed by atoms with Gasteiger partial charge >= 0.3 is 6.18 Å². The first-order valence-corrected chi connectivity index (χ1v) is 15.6. The zero-order valence-corrected chi connectivity index (χ0v) is 24.5. The van der Waals surface area contributed by atoms with Gasteiger partial charge in [-0.1, -0.05) is 12.8 Å². The smallest absolute Gasteiger partial charge is 0.420 e. The summed E-state index contributed by atoms with van der Waals surface area (Å²) in [6.45, 7) is 1.78. The van der Waals surface area contributed by atoms with Crippen molar-refractivity contribution in [2.45, 2.75) is 56.8 Å². The average molecular weight is 612 g/mol. The number of methoxy groups -OCH3 is 1. The summed E-state index contributed by atoms with van der Waals surface area (Å²) < 4.78 is 73.6. The maximum atomic E-state index is 14.0. The second kappa shape index (κ2) is 12.9. The van der Waals surface area contributed by atoms with Gasteiger partial charge in [0.05, 0.1) is 24.8 Å². The number of hydrogen-bond donors (Lipinski definition) is 4. The number of hydrogen-bond acceptors (Lipinski definition) is 9. The molecule has 1 saturated heterocycles. The topological polar surface area (TPSA) is 149 Å². The molecule has 2 aromatic rings. The standard InChI is InChI=1S/C27H36F3N7O4S/c1-37-12-10-17(11-13-37)33-25(38)16-8-9-21(22(14-16)41-2)34-26-32-15-19(27(28,29)30)24(35-26)23(31)18-6-4-5-7-20(18)36-42(3,39)40/h8-9,14-15,17-18,20,31,36H,4-7,10-13H2,1-3H3,(H,33,38)(H,32,34,35)/t18?,20-/m1/s1. The predicted molar refractivity (Wildman–Crippen MR) is 152 cm³/mol. The molecule has 1 aliphatic carbocycles. The van der Waals surface area contributed by atoms with Gasteiger partial charge in [-0.05, 0) is 64.0 Å². The van der Waals surface area contributed by atoms with E-state index in [9.17, 15) is 26.4 Å². The third-order valence-electron chi connectivity index (χ3n) is 7.62. The van der Waals surface area contributed by atoms with Crippen LogP contribution in [0.1, 0.15) is 60.1 Å². The molecule has 4 rings (SSSR count). The Morgan fingerprint density at radius 3 is 2.48 bits per heavy atom. The summed E-state index contributed by atoms with van der Waals surface area (Å²) >= 11 is 0. The summed E-state index contributed by atoms with van der Waals surface area (Å²) in [5.41, 5.74) is -1.56. The highest BCUT2D eigenvalue weighted by atomic mass is 32.2. The maximum Gasteiger partial charge on any atom is 0.420 e. The summed E-state index contributed by atoms with van der Waals surface area (Å²) in [5, 5.41) is 14.6. The molecule has 0 bridgehead atoms. The summed E-state index contributed by atoms with van der Waals surface area (Å²) in [7, 11) is -0.220. The van der Waals surface area contributed by atoms with Gasteiger partial charge in [0.2, 0.25) is 16.0 Å². The van der Waals surface area contributed by atoms with E-state index in [0.29, 0.717) is 43.1 Å². The van der Waals surface area contributed by atoms with Gasteiger partial charge in [0.15, 0.2) is 0 Å². The highest BCUT2D eigenvalue weighted by Crippen LogP contribution is 2.36. The first kappa shape index (κ1) is 31.6. The molecule has 1 amide bonds. The van der Waals surface area contributed by atoms with Crippen LogP contribution in [0.2, 0.25) is 0 Å². The van der Waals surface area contributed by atoms with Crippen LogP contribution >= 0.6 is 0 Å². The molecule has 1 unspecified atom stereocenters. The van der Waals surface area contributed by atoms with Crippen LogP contribution in [0.5, 0.6) is 5.75 Å². The van der Waals surface area contributed by atoms with Crippen LogP contribution in [0, 0.1) is 11.3 Å². The highest BCUT2D eigenvalue weighted by molar-refractivity contribution is 7.88. The Labute approximate surface area is 243 Å². The number of sulfonamides is 1. The summed E-state index contributed by atoms with van der Waals surface area (Å²) in [5.74, 6) is -1.03. The lowest BCUT2D eigenvalue weighted by Gasteiger charge is -2.32. The number of rotatable bonds is 9. The van der Waals surface area contributed by atoms with E-state index in [-0.39, 0.29) is 23.6 Å². The van der Waals surface area contributed by atoms with E-state index in [1.165, 1.54) is 13.2 Å². The van der Waals surface area contributed by atoms with Gasteiger partial charge in [0.25, 0.3) is 5.91 Å². The van der Waals surface area contributed by atoms with Crippen LogP contribution in [0.3, 0.4) is 0 Å². The third-order valence-corrected chi connectivity index (χ3v) is 8.35. The Kier molecular flexibility index (Phi) is 9.73. The first-order valence-electron chi connectivity index (χ1n) is 13.7. The van der Waals surface area contributed by atoms with Gasteiger partial charge in [-0.25, -0.2) is 23.1 Å². The Bertz CT molecular complexity index is 1410. The Morgan fingerprint density at radius 2 is 1.83 bits per heavy atom. The highest BCUT2D eigenvalue weighted by Gasteiger charge is 2.40. The number of ether oxygens (including phenoxy) is 1. The molecule has 230 valence electrons. The van der Waals surface area contributed by atoms with Crippen LogP contribution < -0.4 is 20.1 Å². The van der Waals surface area contributed by atoms with E-state index >= 15 is 0 Å². The fraction of sp³-hybridized carbons (Fsp3) is 0.556. The fourth-order valence-electron chi connectivity index (χ4n) is 5.40. The summed E-state index contributed by atoms with van der Waals surface area (Å²) in [4.78, 5) is 23.0. The van der Waals surface area contributed by atoms with E-state index in [4.69, 9.17) is 10.1 Å². The van der Waals surface area contributed by atoms with Gasteiger partial charge < -0.3 is 25.7 Å². The molecule has 0 radical (unpaired) electrons. The molecule has 2 heterocycles. The number of piperidine rings is 1. The SMILES string of the molecule is COc1cc(C(=O)NC2CCN(C)CC2)ccc1Nc1ncc(C(F)(F)F)c(C(=N)C2CCCC[C@H]2NS(C)(=O)=O)n1. The van der Waals surface area contributed by atoms with Crippen molar-refractivity contribution in [1.29, 1.82) is 5.41 Å². The van der Waals surface area contributed by atoms with Crippen molar-refractivity contribution in [2.75, 3.05) is 38.8 Å². The van der Waals surface area contributed by atoms with Crippen LogP contribution in [-0.4, -0.2) is 80.5 Å². The van der Waals surface area contributed by atoms with Crippen molar-refractivity contribution in [2.24, 2.45) is 5.92 Å². The molecule has 1 aliphatic heterocycles. The molecule has 2 fully saturated rings. The molecule has 15 heteroatoms. The van der Waals surface area contributed by atoms with Gasteiger partial charge in [-0.15, -0.1) is 0 Å². The van der Waals surface area contributed by atoms with Crippen molar-refractivity contribution in [3.05, 3.63) is 41.2 Å². The lowest BCUT2D eigenvalue weighted by Crippen LogP contribution is -2.45. The number of nitrogens with zero attached hydrogens (tertiary/aromatic N) is 3. The van der Waals surface area contributed by atoms with Crippen molar-refractivity contribution in [3.8, 4) is 5.75 Å². The lowest BCUT2D eigenvalue weighted by atomic mass is 9.80. The number of nitrogens with one attached hydrogen (secondary N) is 4. The van der Waals surface area contributed by atoms with Gasteiger partial charge in [0.1, 0.15) is 17.0 Å². The minimum atomic E-state index is -4.84. The fourth-order valence-corrected chi connectivity index (χ4v) is 6.23. The van der Waals surface area contributed by atoms with Gasteiger partial charge in [0, 0.05) is 29.8 Å². The Hall–Kier alpha value is -3.30. The Balaban J connectivity index is 1.58. The molecule has 1 saturated carbocycles. The number of aromatic nitrogens is 2. The van der Waals surface area contributed by atoms with Gasteiger partial charge in [-0.2, -0.15) is 13.2 Å².